The zero-order valence-corrected chi connectivity index (χ0v) is 13.1. The lowest BCUT2D eigenvalue weighted by molar-refractivity contribution is 0.199. The molecule has 0 radical (unpaired) electrons. The van der Waals surface area contributed by atoms with Gasteiger partial charge in [-0.3, -0.25) is 0 Å². The van der Waals surface area contributed by atoms with E-state index in [9.17, 15) is 17.9 Å². The molecule has 0 aliphatic heterocycles. The number of sulfonamides is 1. The van der Waals surface area contributed by atoms with E-state index < -0.39 is 15.8 Å². The fourth-order valence-corrected chi connectivity index (χ4v) is 4.88. The van der Waals surface area contributed by atoms with Gasteiger partial charge in [0.2, 0.25) is 10.0 Å². The average Bonchev–Trinajstić information content (AvgIpc) is 2.45. The van der Waals surface area contributed by atoms with Crippen molar-refractivity contribution >= 4 is 10.0 Å². The highest BCUT2D eigenvalue weighted by Crippen LogP contribution is 2.29. The first-order valence-electron chi connectivity index (χ1n) is 7.35. The van der Waals surface area contributed by atoms with Gasteiger partial charge in [0.25, 0.3) is 0 Å². The summed E-state index contributed by atoms with van der Waals surface area (Å²) in [5.41, 5.74) is 0.397. The summed E-state index contributed by atoms with van der Waals surface area (Å²) in [6.45, 7) is 1.47. The molecule has 1 N–H and O–H groups in total. The first-order valence-corrected chi connectivity index (χ1v) is 8.79. The van der Waals surface area contributed by atoms with Crippen LogP contribution >= 0.6 is 0 Å². The molecule has 0 unspecified atom stereocenters. The molecule has 1 aromatic carbocycles. The van der Waals surface area contributed by atoms with E-state index in [2.05, 4.69) is 0 Å². The maximum atomic E-state index is 13.2. The number of rotatable bonds is 5. The van der Waals surface area contributed by atoms with Gasteiger partial charge in [-0.2, -0.15) is 4.31 Å². The minimum Gasteiger partial charge on any atom is -0.395 e. The predicted octanol–water partition coefficient (Wildman–Crippen LogP) is 2.45. The molecule has 1 aliphatic rings. The minimum absolute atomic E-state index is 0.0691. The summed E-state index contributed by atoms with van der Waals surface area (Å²) in [6, 6.07) is 3.64. The van der Waals surface area contributed by atoms with Gasteiger partial charge < -0.3 is 5.11 Å². The van der Waals surface area contributed by atoms with Gasteiger partial charge in [-0.25, -0.2) is 12.8 Å². The Morgan fingerprint density at radius 3 is 2.52 bits per heavy atom. The molecule has 0 heterocycles. The molecule has 0 spiro atoms. The molecular formula is C15H22FNO3S. The van der Waals surface area contributed by atoms with E-state index in [4.69, 9.17) is 0 Å². The van der Waals surface area contributed by atoms with Crippen molar-refractivity contribution in [1.29, 1.82) is 0 Å². The maximum absolute atomic E-state index is 13.2. The zero-order valence-electron chi connectivity index (χ0n) is 12.3. The van der Waals surface area contributed by atoms with Crippen LogP contribution in [0.3, 0.4) is 0 Å². The summed E-state index contributed by atoms with van der Waals surface area (Å²) in [5.74, 6) is -0.446. The van der Waals surface area contributed by atoms with Crippen molar-refractivity contribution < 1.29 is 17.9 Å². The Morgan fingerprint density at radius 2 is 1.95 bits per heavy atom. The number of hydrogen-bond donors (Lipinski definition) is 1. The molecule has 0 saturated heterocycles. The van der Waals surface area contributed by atoms with Crippen LogP contribution in [0.2, 0.25) is 0 Å². The first-order chi connectivity index (χ1) is 9.96. The van der Waals surface area contributed by atoms with Gasteiger partial charge in [-0.1, -0.05) is 19.3 Å². The van der Waals surface area contributed by atoms with Crippen LogP contribution in [0.5, 0.6) is 0 Å². The Hall–Kier alpha value is -0.980. The molecule has 21 heavy (non-hydrogen) atoms. The van der Waals surface area contributed by atoms with Crippen molar-refractivity contribution in [2.75, 3.05) is 13.2 Å². The van der Waals surface area contributed by atoms with Gasteiger partial charge in [0, 0.05) is 12.6 Å². The summed E-state index contributed by atoms with van der Waals surface area (Å²) < 4.78 is 40.3. The molecule has 4 nitrogen and oxygen atoms in total. The summed E-state index contributed by atoms with van der Waals surface area (Å²) in [7, 11) is -3.70. The normalized spacial score (nSPS) is 17.3. The van der Waals surface area contributed by atoms with Crippen molar-refractivity contribution in [3.05, 3.63) is 29.6 Å². The number of aliphatic hydroxyl groups is 1. The highest BCUT2D eigenvalue weighted by molar-refractivity contribution is 7.89. The van der Waals surface area contributed by atoms with Crippen molar-refractivity contribution in [3.63, 3.8) is 0 Å². The molecule has 0 aromatic heterocycles. The lowest BCUT2D eigenvalue weighted by Crippen LogP contribution is -2.43. The fraction of sp³-hybridized carbons (Fsp3) is 0.600. The molecule has 0 amide bonds. The SMILES string of the molecule is Cc1cc(F)ccc1S(=O)(=O)N(CCO)C1CCCCC1. The van der Waals surface area contributed by atoms with Gasteiger partial charge >= 0.3 is 0 Å². The molecule has 1 aromatic rings. The quantitative estimate of drug-likeness (QED) is 0.908. The number of aryl methyl sites for hydroxylation is 1. The average molecular weight is 315 g/mol. The molecule has 118 valence electrons. The van der Waals surface area contributed by atoms with E-state index in [1.165, 1.54) is 16.4 Å². The lowest BCUT2D eigenvalue weighted by Gasteiger charge is -2.33. The van der Waals surface area contributed by atoms with Crippen LogP contribution in [0.15, 0.2) is 23.1 Å². The largest absolute Gasteiger partial charge is 0.395 e. The first kappa shape index (κ1) is 16.4. The third-order valence-corrected chi connectivity index (χ3v) is 6.14. The van der Waals surface area contributed by atoms with E-state index >= 15 is 0 Å². The Morgan fingerprint density at radius 1 is 1.29 bits per heavy atom. The van der Waals surface area contributed by atoms with E-state index in [1.54, 1.807) is 6.92 Å². The molecule has 0 atom stereocenters. The van der Waals surface area contributed by atoms with E-state index in [0.29, 0.717) is 5.56 Å². The van der Waals surface area contributed by atoms with Gasteiger partial charge in [-0.05, 0) is 43.5 Å². The van der Waals surface area contributed by atoms with Gasteiger partial charge in [0.1, 0.15) is 5.82 Å². The van der Waals surface area contributed by atoms with Crippen molar-refractivity contribution in [1.82, 2.24) is 4.31 Å². The number of benzene rings is 1. The molecule has 1 fully saturated rings. The maximum Gasteiger partial charge on any atom is 0.243 e. The summed E-state index contributed by atoms with van der Waals surface area (Å²) in [5, 5.41) is 9.22. The molecule has 0 bridgehead atoms. The second-order valence-electron chi connectivity index (χ2n) is 5.54. The van der Waals surface area contributed by atoms with Crippen LogP contribution in [0.4, 0.5) is 4.39 Å². The highest BCUT2D eigenvalue weighted by Gasteiger charge is 2.32. The molecular weight excluding hydrogens is 293 g/mol. The fourth-order valence-electron chi connectivity index (χ4n) is 3.00. The highest BCUT2D eigenvalue weighted by atomic mass is 32.2. The third kappa shape index (κ3) is 3.62. The predicted molar refractivity (Wildman–Crippen MR) is 79.0 cm³/mol. The van der Waals surface area contributed by atoms with E-state index in [0.717, 1.165) is 38.2 Å². The van der Waals surface area contributed by atoms with E-state index in [-0.39, 0.29) is 24.1 Å². The Bertz CT molecular complexity index is 583. The van der Waals surface area contributed by atoms with Crippen LogP contribution < -0.4 is 0 Å². The monoisotopic (exact) mass is 315 g/mol. The Kier molecular flexibility index (Phi) is 5.35. The number of hydrogen-bond acceptors (Lipinski definition) is 3. The van der Waals surface area contributed by atoms with Crippen molar-refractivity contribution in [2.45, 2.75) is 50.0 Å². The zero-order chi connectivity index (χ0) is 15.5. The van der Waals surface area contributed by atoms with Crippen LogP contribution in [0.25, 0.3) is 0 Å². The summed E-state index contributed by atoms with van der Waals surface area (Å²) in [4.78, 5) is 0.128. The second kappa shape index (κ2) is 6.85. The van der Waals surface area contributed by atoms with Crippen LogP contribution in [0, 0.1) is 12.7 Å². The van der Waals surface area contributed by atoms with Crippen molar-refractivity contribution in [3.8, 4) is 0 Å². The Balaban J connectivity index is 2.36. The summed E-state index contributed by atoms with van der Waals surface area (Å²) in [6.07, 6.45) is 4.77. The van der Waals surface area contributed by atoms with Crippen LogP contribution in [0.1, 0.15) is 37.7 Å². The summed E-state index contributed by atoms with van der Waals surface area (Å²) >= 11 is 0. The number of aliphatic hydroxyl groups excluding tert-OH is 1. The van der Waals surface area contributed by atoms with Crippen LogP contribution in [-0.4, -0.2) is 37.0 Å². The number of nitrogens with zero attached hydrogens (tertiary/aromatic N) is 1. The van der Waals surface area contributed by atoms with E-state index in [1.807, 2.05) is 0 Å². The smallest absolute Gasteiger partial charge is 0.243 e. The molecule has 1 saturated carbocycles. The minimum atomic E-state index is -3.70. The Labute approximate surface area is 125 Å². The van der Waals surface area contributed by atoms with Crippen LogP contribution in [-0.2, 0) is 10.0 Å². The van der Waals surface area contributed by atoms with Crippen molar-refractivity contribution in [2.24, 2.45) is 0 Å². The topological polar surface area (TPSA) is 57.6 Å². The number of halogens is 1. The van der Waals surface area contributed by atoms with Gasteiger partial charge in [0.05, 0.1) is 11.5 Å². The van der Waals surface area contributed by atoms with Gasteiger partial charge in [0.15, 0.2) is 0 Å². The molecule has 1 aliphatic carbocycles. The lowest BCUT2D eigenvalue weighted by atomic mass is 9.95. The van der Waals surface area contributed by atoms with Gasteiger partial charge in [-0.15, -0.1) is 0 Å². The second-order valence-corrected chi connectivity index (χ2v) is 7.40. The third-order valence-electron chi connectivity index (χ3n) is 4.03. The molecule has 6 heteroatoms. The standard InChI is InChI=1S/C15H22FNO3S/c1-12-11-13(16)7-8-15(12)21(19,20)17(9-10-18)14-5-3-2-4-6-14/h7-8,11,14,18H,2-6,9-10H2,1H3. The molecule has 2 rings (SSSR count).